The Labute approximate surface area is 97.6 Å². The van der Waals surface area contributed by atoms with E-state index in [0.29, 0.717) is 26.1 Å². The number of nitrogens with zero attached hydrogens (tertiary/aromatic N) is 1. The topological polar surface area (TPSA) is 58.6 Å². The summed E-state index contributed by atoms with van der Waals surface area (Å²) in [6.07, 6.45) is 2.21. The normalized spacial score (nSPS) is 27.9. The van der Waals surface area contributed by atoms with Crippen molar-refractivity contribution in [2.45, 2.75) is 32.5 Å². The molecule has 1 saturated heterocycles. The van der Waals surface area contributed by atoms with Crippen LogP contribution in [0.3, 0.4) is 0 Å². The van der Waals surface area contributed by atoms with Crippen molar-refractivity contribution in [3.63, 3.8) is 0 Å². The molecule has 0 aliphatic carbocycles. The largest absolute Gasteiger partial charge is 0.373 e. The third-order valence-corrected chi connectivity index (χ3v) is 3.91. The molecule has 0 saturated carbocycles. The van der Waals surface area contributed by atoms with Crippen molar-refractivity contribution in [3.8, 4) is 0 Å². The van der Waals surface area contributed by atoms with Gasteiger partial charge in [-0.3, -0.25) is 0 Å². The Morgan fingerprint density at radius 3 is 2.50 bits per heavy atom. The molecule has 1 fully saturated rings. The summed E-state index contributed by atoms with van der Waals surface area (Å²) < 4.78 is 33.2. The van der Waals surface area contributed by atoms with Crippen molar-refractivity contribution >= 4 is 10.2 Å². The van der Waals surface area contributed by atoms with Gasteiger partial charge in [0.25, 0.3) is 10.2 Å². The molecule has 0 aromatic heterocycles. The minimum atomic E-state index is -3.37. The second-order valence-electron chi connectivity index (χ2n) is 4.05. The van der Waals surface area contributed by atoms with E-state index in [4.69, 9.17) is 4.74 Å². The molecule has 0 spiro atoms. The lowest BCUT2D eigenvalue weighted by atomic mass is 10.3. The van der Waals surface area contributed by atoms with Gasteiger partial charge in [-0.05, 0) is 20.3 Å². The van der Waals surface area contributed by atoms with Gasteiger partial charge in [-0.1, -0.05) is 6.08 Å². The van der Waals surface area contributed by atoms with E-state index in [9.17, 15) is 8.42 Å². The van der Waals surface area contributed by atoms with Crippen molar-refractivity contribution in [3.05, 3.63) is 12.7 Å². The van der Waals surface area contributed by atoms with Gasteiger partial charge in [0.2, 0.25) is 0 Å². The summed E-state index contributed by atoms with van der Waals surface area (Å²) in [5.74, 6) is 0. The zero-order chi connectivity index (χ0) is 12.2. The molecule has 1 aliphatic heterocycles. The van der Waals surface area contributed by atoms with Crippen LogP contribution >= 0.6 is 0 Å². The minimum Gasteiger partial charge on any atom is -0.373 e. The van der Waals surface area contributed by atoms with Crippen LogP contribution in [0.25, 0.3) is 0 Å². The second kappa shape index (κ2) is 5.77. The maximum atomic E-state index is 11.9. The van der Waals surface area contributed by atoms with E-state index in [1.165, 1.54) is 4.31 Å². The zero-order valence-electron chi connectivity index (χ0n) is 9.85. The molecular weight excluding hydrogens is 228 g/mol. The molecule has 0 amide bonds. The monoisotopic (exact) mass is 248 g/mol. The number of hydrogen-bond donors (Lipinski definition) is 1. The Morgan fingerprint density at radius 1 is 1.44 bits per heavy atom. The first-order valence-corrected chi connectivity index (χ1v) is 6.91. The Kier molecular flexibility index (Phi) is 4.91. The Morgan fingerprint density at radius 2 is 2.00 bits per heavy atom. The Hall–Kier alpha value is -0.430. The van der Waals surface area contributed by atoms with Crippen molar-refractivity contribution in [1.82, 2.24) is 9.03 Å². The van der Waals surface area contributed by atoms with E-state index in [0.717, 1.165) is 0 Å². The lowest BCUT2D eigenvalue weighted by Crippen LogP contribution is -2.51. The van der Waals surface area contributed by atoms with Gasteiger partial charge in [-0.25, -0.2) is 4.72 Å². The highest BCUT2D eigenvalue weighted by Gasteiger charge is 2.30. The Balaban J connectivity index is 2.57. The van der Waals surface area contributed by atoms with Crippen LogP contribution in [0.1, 0.15) is 20.3 Å². The van der Waals surface area contributed by atoms with Crippen LogP contribution in [0.15, 0.2) is 12.7 Å². The molecule has 16 heavy (non-hydrogen) atoms. The third-order valence-electron chi connectivity index (χ3n) is 2.36. The van der Waals surface area contributed by atoms with E-state index in [-0.39, 0.29) is 12.2 Å². The number of nitrogens with one attached hydrogen (secondary N) is 1. The highest BCUT2D eigenvalue weighted by molar-refractivity contribution is 7.87. The van der Waals surface area contributed by atoms with E-state index in [1.54, 1.807) is 6.08 Å². The van der Waals surface area contributed by atoms with Gasteiger partial charge in [0.15, 0.2) is 0 Å². The van der Waals surface area contributed by atoms with E-state index < -0.39 is 10.2 Å². The molecule has 0 aromatic rings. The standard InChI is InChI=1S/C10H20N2O3S/c1-4-5-6-11-16(13,14)12-7-9(2)15-10(3)8-12/h4,9-11H,1,5-8H2,2-3H3. The highest BCUT2D eigenvalue weighted by Crippen LogP contribution is 2.13. The van der Waals surface area contributed by atoms with Crippen LogP contribution in [0, 0.1) is 0 Å². The van der Waals surface area contributed by atoms with E-state index in [1.807, 2.05) is 13.8 Å². The average molecular weight is 248 g/mol. The molecule has 0 aromatic carbocycles. The summed E-state index contributed by atoms with van der Waals surface area (Å²) >= 11 is 0. The molecular formula is C10H20N2O3S. The van der Waals surface area contributed by atoms with Crippen LogP contribution in [0.4, 0.5) is 0 Å². The number of morpholine rings is 1. The first kappa shape index (κ1) is 13.6. The number of hydrogen-bond acceptors (Lipinski definition) is 3. The summed E-state index contributed by atoms with van der Waals surface area (Å²) in [7, 11) is -3.37. The molecule has 2 atom stereocenters. The fourth-order valence-electron chi connectivity index (χ4n) is 1.71. The van der Waals surface area contributed by atoms with Crippen molar-refractivity contribution in [2.24, 2.45) is 0 Å². The van der Waals surface area contributed by atoms with Crippen LogP contribution < -0.4 is 4.72 Å². The minimum absolute atomic E-state index is 0.0558. The molecule has 1 heterocycles. The molecule has 0 radical (unpaired) electrons. The smallest absolute Gasteiger partial charge is 0.279 e. The fraction of sp³-hybridized carbons (Fsp3) is 0.800. The average Bonchev–Trinajstić information content (AvgIpc) is 2.16. The maximum absolute atomic E-state index is 11.9. The van der Waals surface area contributed by atoms with Gasteiger partial charge >= 0.3 is 0 Å². The fourth-order valence-corrected chi connectivity index (χ4v) is 3.08. The molecule has 1 aliphatic rings. The molecule has 2 unspecified atom stereocenters. The summed E-state index contributed by atoms with van der Waals surface area (Å²) in [5.41, 5.74) is 0. The van der Waals surface area contributed by atoms with Crippen LogP contribution in [-0.4, -0.2) is 44.6 Å². The van der Waals surface area contributed by atoms with E-state index in [2.05, 4.69) is 11.3 Å². The molecule has 6 heteroatoms. The van der Waals surface area contributed by atoms with Crippen LogP contribution in [0.2, 0.25) is 0 Å². The first-order chi connectivity index (χ1) is 7.45. The van der Waals surface area contributed by atoms with Crippen LogP contribution in [-0.2, 0) is 14.9 Å². The lowest BCUT2D eigenvalue weighted by molar-refractivity contribution is -0.0443. The molecule has 94 valence electrons. The molecule has 1 N–H and O–H groups in total. The highest BCUT2D eigenvalue weighted by atomic mass is 32.2. The summed E-state index contributed by atoms with van der Waals surface area (Å²) in [6.45, 7) is 8.52. The third kappa shape index (κ3) is 3.86. The summed E-state index contributed by atoms with van der Waals surface area (Å²) in [6, 6.07) is 0. The van der Waals surface area contributed by atoms with Gasteiger partial charge in [0.1, 0.15) is 0 Å². The predicted molar refractivity (Wildman–Crippen MR) is 63.3 cm³/mol. The maximum Gasteiger partial charge on any atom is 0.279 e. The molecule has 0 bridgehead atoms. The number of ether oxygens (including phenoxy) is 1. The van der Waals surface area contributed by atoms with Crippen molar-refractivity contribution in [2.75, 3.05) is 19.6 Å². The molecule has 1 rings (SSSR count). The van der Waals surface area contributed by atoms with Gasteiger partial charge in [-0.2, -0.15) is 12.7 Å². The second-order valence-corrected chi connectivity index (χ2v) is 5.81. The van der Waals surface area contributed by atoms with Crippen LogP contribution in [0.5, 0.6) is 0 Å². The quantitative estimate of drug-likeness (QED) is 0.569. The van der Waals surface area contributed by atoms with Gasteiger partial charge in [0, 0.05) is 19.6 Å². The van der Waals surface area contributed by atoms with Crippen molar-refractivity contribution < 1.29 is 13.2 Å². The lowest BCUT2D eigenvalue weighted by Gasteiger charge is -2.34. The Bertz CT molecular complexity index is 319. The molecule has 5 nitrogen and oxygen atoms in total. The van der Waals surface area contributed by atoms with E-state index >= 15 is 0 Å². The zero-order valence-corrected chi connectivity index (χ0v) is 10.7. The SMILES string of the molecule is C=CCCNS(=O)(=O)N1CC(C)OC(C)C1. The number of rotatable bonds is 5. The first-order valence-electron chi connectivity index (χ1n) is 5.47. The van der Waals surface area contributed by atoms with Gasteiger partial charge in [0.05, 0.1) is 12.2 Å². The predicted octanol–water partition coefficient (Wildman–Crippen LogP) is 0.506. The van der Waals surface area contributed by atoms with Crippen molar-refractivity contribution in [1.29, 1.82) is 0 Å². The van der Waals surface area contributed by atoms with Gasteiger partial charge in [-0.15, -0.1) is 6.58 Å². The summed E-state index contributed by atoms with van der Waals surface area (Å²) in [5, 5.41) is 0. The van der Waals surface area contributed by atoms with Gasteiger partial charge < -0.3 is 4.74 Å². The summed E-state index contributed by atoms with van der Waals surface area (Å²) in [4.78, 5) is 0.